The number of hydrogen-bond acceptors (Lipinski definition) is 3. The molecule has 0 amide bonds. The predicted molar refractivity (Wildman–Crippen MR) is 80.7 cm³/mol. The molecule has 0 bridgehead atoms. The van der Waals surface area contributed by atoms with Gasteiger partial charge in [-0.3, -0.25) is 0 Å². The smallest absolute Gasteiger partial charge is 0.146 e. The number of nitrogens with zero attached hydrogens (tertiary/aromatic N) is 2. The monoisotopic (exact) mass is 291 g/mol. The van der Waals surface area contributed by atoms with Gasteiger partial charge < -0.3 is 14.6 Å². The molecule has 0 aliphatic rings. The van der Waals surface area contributed by atoms with Crippen molar-refractivity contribution >= 4 is 0 Å². The van der Waals surface area contributed by atoms with Crippen LogP contribution in [-0.4, -0.2) is 16.1 Å². The van der Waals surface area contributed by atoms with E-state index in [2.05, 4.69) is 10.3 Å². The number of imidazole rings is 1. The molecule has 0 fully saturated rings. The van der Waals surface area contributed by atoms with Crippen LogP contribution in [0.15, 0.2) is 30.6 Å². The fourth-order valence-corrected chi connectivity index (χ4v) is 2.32. The van der Waals surface area contributed by atoms with Gasteiger partial charge in [0.1, 0.15) is 24.0 Å². The van der Waals surface area contributed by atoms with E-state index >= 15 is 0 Å². The topological polar surface area (TPSA) is 39.1 Å². The molecule has 1 atom stereocenters. The first-order valence-corrected chi connectivity index (χ1v) is 7.31. The predicted octanol–water partition coefficient (Wildman–Crippen LogP) is 3.29. The van der Waals surface area contributed by atoms with Gasteiger partial charge in [0, 0.05) is 36.6 Å². The first kappa shape index (κ1) is 15.5. The minimum Gasteiger partial charge on any atom is -0.485 e. The Balaban J connectivity index is 2.16. The molecule has 1 unspecified atom stereocenters. The lowest BCUT2D eigenvalue weighted by molar-refractivity contribution is 0.283. The largest absolute Gasteiger partial charge is 0.485 e. The van der Waals surface area contributed by atoms with Gasteiger partial charge in [0.25, 0.3) is 0 Å². The van der Waals surface area contributed by atoms with E-state index in [-0.39, 0.29) is 11.9 Å². The van der Waals surface area contributed by atoms with Crippen molar-refractivity contribution in [3.63, 3.8) is 0 Å². The number of aromatic nitrogens is 2. The van der Waals surface area contributed by atoms with Crippen molar-refractivity contribution in [3.05, 3.63) is 47.8 Å². The van der Waals surface area contributed by atoms with Gasteiger partial charge in [0.15, 0.2) is 0 Å². The van der Waals surface area contributed by atoms with Gasteiger partial charge in [0.05, 0.1) is 0 Å². The lowest BCUT2D eigenvalue weighted by Crippen LogP contribution is -2.18. The molecule has 4 nitrogen and oxygen atoms in total. The van der Waals surface area contributed by atoms with Crippen LogP contribution < -0.4 is 10.1 Å². The molecule has 0 saturated carbocycles. The van der Waals surface area contributed by atoms with Crippen molar-refractivity contribution in [2.24, 2.45) is 0 Å². The Morgan fingerprint density at radius 1 is 1.38 bits per heavy atom. The molecular weight excluding hydrogens is 269 g/mol. The molecule has 1 heterocycles. The molecular formula is C16H22FN3O. The fraction of sp³-hybridized carbons (Fsp3) is 0.438. The lowest BCUT2D eigenvalue weighted by Gasteiger charge is -2.18. The highest BCUT2D eigenvalue weighted by Gasteiger charge is 2.13. The van der Waals surface area contributed by atoms with E-state index in [9.17, 15) is 4.39 Å². The van der Waals surface area contributed by atoms with E-state index in [0.717, 1.165) is 24.5 Å². The van der Waals surface area contributed by atoms with E-state index in [1.807, 2.05) is 31.5 Å². The number of hydrogen-bond donors (Lipinski definition) is 1. The van der Waals surface area contributed by atoms with Crippen molar-refractivity contribution in [1.82, 2.24) is 14.9 Å². The van der Waals surface area contributed by atoms with Crippen LogP contribution in [0, 0.1) is 5.82 Å². The molecule has 1 aromatic carbocycles. The van der Waals surface area contributed by atoms with E-state index in [1.54, 1.807) is 12.3 Å². The molecule has 0 saturated heterocycles. The van der Waals surface area contributed by atoms with Crippen LogP contribution in [0.25, 0.3) is 0 Å². The van der Waals surface area contributed by atoms with Gasteiger partial charge in [-0.1, -0.05) is 13.0 Å². The molecule has 5 heteroatoms. The average Bonchev–Trinajstić information content (AvgIpc) is 2.92. The molecule has 0 aliphatic carbocycles. The number of aryl methyl sites for hydroxylation is 1. The van der Waals surface area contributed by atoms with E-state index < -0.39 is 0 Å². The molecule has 1 N–H and O–H groups in total. The van der Waals surface area contributed by atoms with Gasteiger partial charge in [0.2, 0.25) is 0 Å². The van der Waals surface area contributed by atoms with E-state index in [0.29, 0.717) is 12.4 Å². The fourth-order valence-electron chi connectivity index (χ4n) is 2.32. The first-order chi connectivity index (χ1) is 10.2. The second kappa shape index (κ2) is 7.22. The second-order valence-electron chi connectivity index (χ2n) is 4.88. The van der Waals surface area contributed by atoms with Crippen LogP contribution in [0.2, 0.25) is 0 Å². The molecule has 2 rings (SSSR count). The van der Waals surface area contributed by atoms with Crippen LogP contribution >= 0.6 is 0 Å². The van der Waals surface area contributed by atoms with Crippen LogP contribution in [0.5, 0.6) is 5.75 Å². The summed E-state index contributed by atoms with van der Waals surface area (Å²) in [4.78, 5) is 4.26. The quantitative estimate of drug-likeness (QED) is 0.851. The highest BCUT2D eigenvalue weighted by Crippen LogP contribution is 2.26. The Bertz CT molecular complexity index is 583. The third-order valence-corrected chi connectivity index (χ3v) is 3.45. The Labute approximate surface area is 125 Å². The molecule has 0 radical (unpaired) electrons. The summed E-state index contributed by atoms with van der Waals surface area (Å²) in [5.74, 6) is 1.11. The molecule has 2 aromatic rings. The zero-order valence-electron chi connectivity index (χ0n) is 12.8. The number of ether oxygens (including phenoxy) is 1. The highest BCUT2D eigenvalue weighted by atomic mass is 19.1. The minimum atomic E-state index is -0.295. The SMILES string of the molecule is CCNC(C)c1ccc(F)cc1OCc1nccn1CC. The Hall–Kier alpha value is -1.88. The van der Waals surface area contributed by atoms with Crippen molar-refractivity contribution in [2.75, 3.05) is 6.54 Å². The third kappa shape index (κ3) is 3.82. The number of nitrogens with one attached hydrogen (secondary N) is 1. The maximum atomic E-state index is 13.5. The summed E-state index contributed by atoms with van der Waals surface area (Å²) < 4.78 is 21.3. The van der Waals surface area contributed by atoms with Gasteiger partial charge >= 0.3 is 0 Å². The van der Waals surface area contributed by atoms with Gasteiger partial charge in [-0.25, -0.2) is 9.37 Å². The summed E-state index contributed by atoms with van der Waals surface area (Å²) in [6.45, 7) is 8.14. The molecule has 0 spiro atoms. The van der Waals surface area contributed by atoms with Crippen molar-refractivity contribution < 1.29 is 9.13 Å². The highest BCUT2D eigenvalue weighted by molar-refractivity contribution is 5.36. The van der Waals surface area contributed by atoms with Crippen LogP contribution in [0.4, 0.5) is 4.39 Å². The summed E-state index contributed by atoms with van der Waals surface area (Å²) in [6.07, 6.45) is 3.66. The molecule has 114 valence electrons. The lowest BCUT2D eigenvalue weighted by atomic mass is 10.1. The summed E-state index contributed by atoms with van der Waals surface area (Å²) in [6, 6.07) is 4.77. The summed E-state index contributed by atoms with van der Waals surface area (Å²) in [5.41, 5.74) is 0.952. The number of halogens is 1. The van der Waals surface area contributed by atoms with Gasteiger partial charge in [-0.05, 0) is 26.5 Å². The van der Waals surface area contributed by atoms with Gasteiger partial charge in [-0.15, -0.1) is 0 Å². The first-order valence-electron chi connectivity index (χ1n) is 7.31. The normalized spacial score (nSPS) is 12.4. The van der Waals surface area contributed by atoms with Crippen LogP contribution in [0.3, 0.4) is 0 Å². The summed E-state index contributed by atoms with van der Waals surface area (Å²) in [5, 5.41) is 3.31. The van der Waals surface area contributed by atoms with Crippen molar-refractivity contribution in [1.29, 1.82) is 0 Å². The van der Waals surface area contributed by atoms with Crippen LogP contribution in [0.1, 0.15) is 38.2 Å². The molecule has 21 heavy (non-hydrogen) atoms. The molecule has 0 aliphatic heterocycles. The summed E-state index contributed by atoms with van der Waals surface area (Å²) >= 11 is 0. The van der Waals surface area contributed by atoms with E-state index in [4.69, 9.17) is 4.74 Å². The Morgan fingerprint density at radius 2 is 2.19 bits per heavy atom. The standard InChI is InChI=1S/C16H22FN3O/c1-4-18-12(3)14-7-6-13(17)10-15(14)21-11-16-19-8-9-20(16)5-2/h6-10,12,18H,4-5,11H2,1-3H3. The average molecular weight is 291 g/mol. The number of benzene rings is 1. The van der Waals surface area contributed by atoms with Crippen molar-refractivity contribution in [3.8, 4) is 5.75 Å². The zero-order chi connectivity index (χ0) is 15.2. The Morgan fingerprint density at radius 3 is 2.90 bits per heavy atom. The summed E-state index contributed by atoms with van der Waals surface area (Å²) in [7, 11) is 0. The Kier molecular flexibility index (Phi) is 5.33. The zero-order valence-corrected chi connectivity index (χ0v) is 12.8. The maximum absolute atomic E-state index is 13.5. The second-order valence-corrected chi connectivity index (χ2v) is 4.88. The third-order valence-electron chi connectivity index (χ3n) is 3.45. The van der Waals surface area contributed by atoms with E-state index in [1.165, 1.54) is 12.1 Å². The maximum Gasteiger partial charge on any atom is 0.146 e. The minimum absolute atomic E-state index is 0.108. The van der Waals surface area contributed by atoms with Crippen LogP contribution in [-0.2, 0) is 13.2 Å². The molecule has 1 aromatic heterocycles. The number of rotatable bonds is 7. The van der Waals surface area contributed by atoms with Crippen molar-refractivity contribution in [2.45, 2.75) is 40.0 Å². The van der Waals surface area contributed by atoms with Gasteiger partial charge in [-0.2, -0.15) is 0 Å².